The van der Waals surface area contributed by atoms with Crippen LogP contribution in [0, 0.1) is 0 Å². The molecule has 0 aromatic carbocycles. The largest absolute Gasteiger partial charge is 0.383 e. The van der Waals surface area contributed by atoms with Crippen LogP contribution in [0.5, 0.6) is 0 Å². The lowest BCUT2D eigenvalue weighted by atomic mass is 10.2. The van der Waals surface area contributed by atoms with Crippen LogP contribution in [-0.2, 0) is 12.8 Å². The van der Waals surface area contributed by atoms with Gasteiger partial charge in [-0.05, 0) is 30.7 Å². The van der Waals surface area contributed by atoms with Crippen LogP contribution in [-0.4, -0.2) is 9.97 Å². The molecule has 4 heteroatoms. The summed E-state index contributed by atoms with van der Waals surface area (Å²) in [6.07, 6.45) is 3.23. The van der Waals surface area contributed by atoms with Crippen molar-refractivity contribution in [3.8, 4) is 10.7 Å². The summed E-state index contributed by atoms with van der Waals surface area (Å²) >= 11 is 1.65. The number of aryl methyl sites for hydroxylation is 1. The molecule has 15 heavy (non-hydrogen) atoms. The summed E-state index contributed by atoms with van der Waals surface area (Å²) in [5, 5.41) is 2.03. The highest BCUT2D eigenvalue weighted by molar-refractivity contribution is 7.13. The lowest BCUT2D eigenvalue weighted by molar-refractivity contribution is 0.900. The first-order valence-electron chi connectivity index (χ1n) is 5.04. The Morgan fingerprint density at radius 1 is 1.27 bits per heavy atom. The highest BCUT2D eigenvalue weighted by atomic mass is 32.1. The number of thiophene rings is 1. The number of hydrogen-bond donors (Lipinski definition) is 1. The minimum Gasteiger partial charge on any atom is -0.383 e. The fraction of sp³-hybridized carbons (Fsp3) is 0.273. The van der Waals surface area contributed by atoms with Gasteiger partial charge in [0.15, 0.2) is 5.82 Å². The van der Waals surface area contributed by atoms with Gasteiger partial charge in [-0.3, -0.25) is 0 Å². The molecule has 2 aromatic heterocycles. The first-order valence-corrected chi connectivity index (χ1v) is 5.92. The van der Waals surface area contributed by atoms with Gasteiger partial charge in [0.25, 0.3) is 0 Å². The fourth-order valence-electron chi connectivity index (χ4n) is 1.98. The molecule has 0 unspecified atom stereocenters. The van der Waals surface area contributed by atoms with E-state index < -0.39 is 0 Å². The number of hydrogen-bond acceptors (Lipinski definition) is 4. The van der Waals surface area contributed by atoms with Gasteiger partial charge in [-0.25, -0.2) is 9.97 Å². The third-order valence-electron chi connectivity index (χ3n) is 2.71. The fourth-order valence-corrected chi connectivity index (χ4v) is 2.64. The van der Waals surface area contributed by atoms with Gasteiger partial charge in [0, 0.05) is 11.3 Å². The third-order valence-corrected chi connectivity index (χ3v) is 3.57. The highest BCUT2D eigenvalue weighted by Gasteiger charge is 2.18. The summed E-state index contributed by atoms with van der Waals surface area (Å²) < 4.78 is 0. The predicted octanol–water partition coefficient (Wildman–Crippen LogP) is 2.28. The van der Waals surface area contributed by atoms with Gasteiger partial charge in [-0.1, -0.05) is 6.07 Å². The molecule has 0 aliphatic heterocycles. The van der Waals surface area contributed by atoms with Gasteiger partial charge in [0.1, 0.15) is 5.82 Å². The Labute approximate surface area is 92.0 Å². The van der Waals surface area contributed by atoms with Crippen molar-refractivity contribution < 1.29 is 0 Å². The van der Waals surface area contributed by atoms with Crippen molar-refractivity contribution >= 4 is 17.2 Å². The van der Waals surface area contributed by atoms with Crippen molar-refractivity contribution in [3.63, 3.8) is 0 Å². The van der Waals surface area contributed by atoms with E-state index >= 15 is 0 Å². The van der Waals surface area contributed by atoms with E-state index in [1.807, 2.05) is 17.5 Å². The zero-order valence-corrected chi connectivity index (χ0v) is 9.05. The molecule has 0 saturated heterocycles. The average molecular weight is 217 g/mol. The highest BCUT2D eigenvalue weighted by Crippen LogP contribution is 2.28. The van der Waals surface area contributed by atoms with Crippen molar-refractivity contribution in [2.45, 2.75) is 19.3 Å². The summed E-state index contributed by atoms with van der Waals surface area (Å²) in [6.45, 7) is 0. The summed E-state index contributed by atoms with van der Waals surface area (Å²) in [7, 11) is 0. The van der Waals surface area contributed by atoms with E-state index in [0.717, 1.165) is 41.2 Å². The average Bonchev–Trinajstić information content (AvgIpc) is 2.88. The SMILES string of the molecule is Nc1nc(-c2cccs2)nc2c1CCC2. The Hall–Kier alpha value is -1.42. The first-order chi connectivity index (χ1) is 7.34. The maximum atomic E-state index is 5.93. The van der Waals surface area contributed by atoms with Crippen molar-refractivity contribution in [1.29, 1.82) is 0 Å². The molecule has 76 valence electrons. The van der Waals surface area contributed by atoms with Crippen molar-refractivity contribution in [2.75, 3.05) is 5.73 Å². The molecule has 0 saturated carbocycles. The van der Waals surface area contributed by atoms with Crippen LogP contribution in [0.25, 0.3) is 10.7 Å². The molecule has 3 rings (SSSR count). The van der Waals surface area contributed by atoms with E-state index in [0.29, 0.717) is 5.82 Å². The quantitative estimate of drug-likeness (QED) is 0.797. The Balaban J connectivity index is 2.15. The lowest BCUT2D eigenvalue weighted by Gasteiger charge is -2.04. The van der Waals surface area contributed by atoms with Crippen LogP contribution in [0.4, 0.5) is 5.82 Å². The van der Waals surface area contributed by atoms with Crippen LogP contribution in [0.3, 0.4) is 0 Å². The van der Waals surface area contributed by atoms with Crippen LogP contribution in [0.2, 0.25) is 0 Å². The lowest BCUT2D eigenvalue weighted by Crippen LogP contribution is -2.02. The molecule has 1 aliphatic carbocycles. The molecule has 0 bridgehead atoms. The Morgan fingerprint density at radius 3 is 3.00 bits per heavy atom. The van der Waals surface area contributed by atoms with Crippen molar-refractivity contribution in [2.24, 2.45) is 0 Å². The molecule has 2 aromatic rings. The minimum atomic E-state index is 0.668. The number of nitrogens with two attached hydrogens (primary N) is 1. The molecule has 0 atom stereocenters. The number of nitrogen functional groups attached to an aromatic ring is 1. The van der Waals surface area contributed by atoms with Crippen LogP contribution in [0.1, 0.15) is 17.7 Å². The minimum absolute atomic E-state index is 0.668. The molecule has 2 N–H and O–H groups in total. The number of nitrogens with zero attached hydrogens (tertiary/aromatic N) is 2. The monoisotopic (exact) mass is 217 g/mol. The Kier molecular flexibility index (Phi) is 1.95. The second-order valence-electron chi connectivity index (χ2n) is 3.69. The summed E-state index contributed by atoms with van der Waals surface area (Å²) in [4.78, 5) is 10.0. The zero-order valence-electron chi connectivity index (χ0n) is 8.23. The van der Waals surface area contributed by atoms with E-state index in [4.69, 9.17) is 5.73 Å². The molecular formula is C11H11N3S. The number of anilines is 1. The van der Waals surface area contributed by atoms with Gasteiger partial charge in [-0.15, -0.1) is 11.3 Å². The third kappa shape index (κ3) is 1.41. The number of fused-ring (bicyclic) bond motifs is 1. The van der Waals surface area contributed by atoms with E-state index in [1.165, 1.54) is 0 Å². The molecule has 0 amide bonds. The molecule has 1 aliphatic rings. The Bertz CT molecular complexity index is 491. The van der Waals surface area contributed by atoms with Crippen molar-refractivity contribution in [1.82, 2.24) is 9.97 Å². The van der Waals surface area contributed by atoms with Crippen LogP contribution >= 0.6 is 11.3 Å². The van der Waals surface area contributed by atoms with E-state index in [1.54, 1.807) is 11.3 Å². The molecule has 0 spiro atoms. The maximum absolute atomic E-state index is 5.93. The molecule has 0 radical (unpaired) electrons. The normalized spacial score (nSPS) is 14.1. The van der Waals surface area contributed by atoms with E-state index in [2.05, 4.69) is 9.97 Å². The van der Waals surface area contributed by atoms with E-state index in [9.17, 15) is 0 Å². The summed E-state index contributed by atoms with van der Waals surface area (Å²) in [5.74, 6) is 1.45. The van der Waals surface area contributed by atoms with Crippen LogP contribution < -0.4 is 5.73 Å². The Morgan fingerprint density at radius 2 is 2.20 bits per heavy atom. The number of rotatable bonds is 1. The van der Waals surface area contributed by atoms with Gasteiger partial charge in [0.2, 0.25) is 0 Å². The van der Waals surface area contributed by atoms with Gasteiger partial charge in [0.05, 0.1) is 4.88 Å². The molecule has 3 nitrogen and oxygen atoms in total. The topological polar surface area (TPSA) is 51.8 Å². The second kappa shape index (κ2) is 3.31. The summed E-state index contributed by atoms with van der Waals surface area (Å²) in [6, 6.07) is 4.04. The molecule has 0 fully saturated rings. The van der Waals surface area contributed by atoms with E-state index in [-0.39, 0.29) is 0 Å². The van der Waals surface area contributed by atoms with Gasteiger partial charge in [-0.2, -0.15) is 0 Å². The van der Waals surface area contributed by atoms with Gasteiger partial charge < -0.3 is 5.73 Å². The molecule has 2 heterocycles. The molecular weight excluding hydrogens is 206 g/mol. The van der Waals surface area contributed by atoms with Gasteiger partial charge >= 0.3 is 0 Å². The summed E-state index contributed by atoms with van der Waals surface area (Å²) in [5.41, 5.74) is 8.24. The zero-order chi connectivity index (χ0) is 10.3. The smallest absolute Gasteiger partial charge is 0.171 e. The maximum Gasteiger partial charge on any atom is 0.171 e. The first kappa shape index (κ1) is 8.85. The second-order valence-corrected chi connectivity index (χ2v) is 4.64. The van der Waals surface area contributed by atoms with Crippen molar-refractivity contribution in [3.05, 3.63) is 28.8 Å². The van der Waals surface area contributed by atoms with Crippen LogP contribution in [0.15, 0.2) is 17.5 Å². The standard InChI is InChI=1S/C11H11N3S/c12-10-7-3-1-4-8(7)13-11(14-10)9-5-2-6-15-9/h2,5-6H,1,3-4H2,(H2,12,13,14). The number of aromatic nitrogens is 2. The predicted molar refractivity (Wildman–Crippen MR) is 61.8 cm³/mol.